The second-order valence-corrected chi connectivity index (χ2v) is 5.18. The van der Waals surface area contributed by atoms with Crippen LogP contribution < -0.4 is 0 Å². The standard InChI is InChI=1S/C11H11IN2O3/c1-7(15)13-3-2-10-8(6-13)4-9(14(16)17)5-11(10)12/h4-5H,2-3,6H2,1H3. The van der Waals surface area contributed by atoms with Crippen LogP contribution in [0.1, 0.15) is 18.1 Å². The monoisotopic (exact) mass is 346 g/mol. The summed E-state index contributed by atoms with van der Waals surface area (Å²) < 4.78 is 0.912. The van der Waals surface area contributed by atoms with Crippen molar-refractivity contribution in [2.24, 2.45) is 0 Å². The summed E-state index contributed by atoms with van der Waals surface area (Å²) in [6.07, 6.45) is 0.769. The number of carbonyl (C=O) groups is 1. The van der Waals surface area contributed by atoms with E-state index in [0.717, 1.165) is 21.1 Å². The molecule has 0 saturated carbocycles. The minimum absolute atomic E-state index is 0.0113. The molecule has 1 aromatic carbocycles. The Morgan fingerprint density at radius 2 is 2.24 bits per heavy atom. The molecule has 0 unspecified atom stereocenters. The van der Waals surface area contributed by atoms with Gasteiger partial charge in [0.05, 0.1) is 4.92 Å². The molecule has 1 aliphatic heterocycles. The minimum Gasteiger partial charge on any atom is -0.338 e. The average molecular weight is 346 g/mol. The van der Waals surface area contributed by atoms with Gasteiger partial charge in [-0.15, -0.1) is 0 Å². The van der Waals surface area contributed by atoms with Crippen molar-refractivity contribution < 1.29 is 9.72 Å². The lowest BCUT2D eigenvalue weighted by Crippen LogP contribution is -2.34. The molecule has 0 N–H and O–H groups in total. The molecule has 90 valence electrons. The number of amides is 1. The first-order valence-electron chi connectivity index (χ1n) is 5.20. The molecule has 0 fully saturated rings. The van der Waals surface area contributed by atoms with E-state index in [4.69, 9.17) is 0 Å². The molecule has 1 heterocycles. The summed E-state index contributed by atoms with van der Waals surface area (Å²) in [6, 6.07) is 3.16. The van der Waals surface area contributed by atoms with Crippen molar-refractivity contribution in [1.29, 1.82) is 0 Å². The molecule has 2 rings (SSSR count). The first-order valence-corrected chi connectivity index (χ1v) is 6.28. The summed E-state index contributed by atoms with van der Waals surface area (Å²) in [7, 11) is 0. The number of nitro benzene ring substituents is 1. The fourth-order valence-corrected chi connectivity index (χ4v) is 2.94. The molecule has 0 saturated heterocycles. The zero-order valence-corrected chi connectivity index (χ0v) is 11.4. The molecule has 17 heavy (non-hydrogen) atoms. The SMILES string of the molecule is CC(=O)N1CCc2c(I)cc([N+](=O)[O-])cc2C1. The van der Waals surface area contributed by atoms with Crippen molar-refractivity contribution in [3.63, 3.8) is 0 Å². The van der Waals surface area contributed by atoms with Gasteiger partial charge in [0.15, 0.2) is 0 Å². The van der Waals surface area contributed by atoms with Gasteiger partial charge in [0, 0.05) is 35.7 Å². The quantitative estimate of drug-likeness (QED) is 0.445. The highest BCUT2D eigenvalue weighted by Crippen LogP contribution is 2.28. The predicted octanol–water partition coefficient (Wildman–Crippen LogP) is 2.10. The van der Waals surface area contributed by atoms with Crippen LogP contribution in [0.25, 0.3) is 0 Å². The first-order chi connectivity index (χ1) is 7.99. The van der Waals surface area contributed by atoms with E-state index in [9.17, 15) is 14.9 Å². The van der Waals surface area contributed by atoms with Crippen LogP contribution in [0.5, 0.6) is 0 Å². The molecule has 1 amide bonds. The normalized spacial score (nSPS) is 14.4. The number of halogens is 1. The fraction of sp³-hybridized carbons (Fsp3) is 0.364. The summed E-state index contributed by atoms with van der Waals surface area (Å²) in [5, 5.41) is 10.8. The average Bonchev–Trinajstić information content (AvgIpc) is 2.27. The van der Waals surface area contributed by atoms with Crippen LogP contribution in [0.4, 0.5) is 5.69 Å². The molecular formula is C11H11IN2O3. The lowest BCUT2D eigenvalue weighted by atomic mass is 9.99. The third-order valence-electron chi connectivity index (χ3n) is 2.92. The van der Waals surface area contributed by atoms with Crippen molar-refractivity contribution in [1.82, 2.24) is 4.90 Å². The van der Waals surface area contributed by atoms with E-state index in [2.05, 4.69) is 22.6 Å². The molecule has 0 bridgehead atoms. The number of hydrogen-bond acceptors (Lipinski definition) is 3. The van der Waals surface area contributed by atoms with E-state index in [1.165, 1.54) is 6.92 Å². The molecule has 6 heteroatoms. The zero-order valence-electron chi connectivity index (χ0n) is 9.27. The molecule has 0 atom stereocenters. The third-order valence-corrected chi connectivity index (χ3v) is 3.88. The Morgan fingerprint density at radius 3 is 2.82 bits per heavy atom. The fourth-order valence-electron chi connectivity index (χ4n) is 2.00. The number of carbonyl (C=O) groups excluding carboxylic acids is 1. The summed E-state index contributed by atoms with van der Waals surface area (Å²) >= 11 is 2.12. The van der Waals surface area contributed by atoms with Crippen molar-refractivity contribution in [3.05, 3.63) is 36.9 Å². The summed E-state index contributed by atoms with van der Waals surface area (Å²) in [4.78, 5) is 23.4. The molecule has 0 radical (unpaired) electrons. The minimum atomic E-state index is -0.394. The van der Waals surface area contributed by atoms with Gasteiger partial charge >= 0.3 is 0 Å². The van der Waals surface area contributed by atoms with Crippen LogP contribution in [-0.2, 0) is 17.8 Å². The maximum atomic E-state index is 11.3. The zero-order chi connectivity index (χ0) is 12.6. The van der Waals surface area contributed by atoms with Gasteiger partial charge in [-0.05, 0) is 40.1 Å². The van der Waals surface area contributed by atoms with Crippen molar-refractivity contribution in [2.45, 2.75) is 19.9 Å². The smallest absolute Gasteiger partial charge is 0.270 e. The lowest BCUT2D eigenvalue weighted by Gasteiger charge is -2.28. The van der Waals surface area contributed by atoms with E-state index < -0.39 is 4.92 Å². The van der Waals surface area contributed by atoms with E-state index in [-0.39, 0.29) is 11.6 Å². The second-order valence-electron chi connectivity index (χ2n) is 4.01. The van der Waals surface area contributed by atoms with Gasteiger partial charge < -0.3 is 4.90 Å². The summed E-state index contributed by atoms with van der Waals surface area (Å²) in [6.45, 7) is 2.69. The number of fused-ring (bicyclic) bond motifs is 1. The molecule has 1 aliphatic rings. The Bertz CT molecular complexity index is 502. The van der Waals surface area contributed by atoms with E-state index >= 15 is 0 Å². The maximum Gasteiger partial charge on any atom is 0.270 e. The third kappa shape index (κ3) is 2.41. The Balaban J connectivity index is 2.42. The van der Waals surface area contributed by atoms with E-state index in [1.54, 1.807) is 17.0 Å². The highest BCUT2D eigenvalue weighted by atomic mass is 127. The predicted molar refractivity (Wildman–Crippen MR) is 70.6 cm³/mol. The molecule has 5 nitrogen and oxygen atoms in total. The molecular weight excluding hydrogens is 335 g/mol. The molecule has 0 aromatic heterocycles. The highest BCUT2D eigenvalue weighted by molar-refractivity contribution is 14.1. The van der Waals surface area contributed by atoms with Gasteiger partial charge in [0.1, 0.15) is 0 Å². The lowest BCUT2D eigenvalue weighted by molar-refractivity contribution is -0.385. The van der Waals surface area contributed by atoms with Gasteiger partial charge in [0.25, 0.3) is 5.69 Å². The Labute approximate surface area is 112 Å². The topological polar surface area (TPSA) is 63.5 Å². The highest BCUT2D eigenvalue weighted by Gasteiger charge is 2.22. The molecule has 0 spiro atoms. The molecule has 1 aromatic rings. The van der Waals surface area contributed by atoms with E-state index in [0.29, 0.717) is 13.1 Å². The number of non-ortho nitro benzene ring substituents is 1. The molecule has 0 aliphatic carbocycles. The number of nitrogens with zero attached hydrogens (tertiary/aromatic N) is 2. The van der Waals surface area contributed by atoms with Crippen molar-refractivity contribution in [2.75, 3.05) is 6.54 Å². The van der Waals surface area contributed by atoms with Crippen molar-refractivity contribution >= 4 is 34.2 Å². The van der Waals surface area contributed by atoms with Gasteiger partial charge in [-0.3, -0.25) is 14.9 Å². The van der Waals surface area contributed by atoms with Crippen LogP contribution >= 0.6 is 22.6 Å². The Kier molecular flexibility index (Phi) is 3.32. The van der Waals surface area contributed by atoms with Gasteiger partial charge in [0.2, 0.25) is 5.91 Å². The van der Waals surface area contributed by atoms with E-state index in [1.807, 2.05) is 0 Å². The van der Waals surface area contributed by atoms with Crippen molar-refractivity contribution in [3.8, 4) is 0 Å². The first kappa shape index (κ1) is 12.3. The maximum absolute atomic E-state index is 11.3. The van der Waals surface area contributed by atoms with Gasteiger partial charge in [-0.1, -0.05) is 0 Å². The summed E-state index contributed by atoms with van der Waals surface area (Å²) in [5.41, 5.74) is 2.12. The number of nitro groups is 1. The number of rotatable bonds is 1. The van der Waals surface area contributed by atoms with Gasteiger partial charge in [-0.2, -0.15) is 0 Å². The van der Waals surface area contributed by atoms with Crippen LogP contribution in [0.15, 0.2) is 12.1 Å². The summed E-state index contributed by atoms with van der Waals surface area (Å²) in [5.74, 6) is 0.0113. The largest absolute Gasteiger partial charge is 0.338 e. The second kappa shape index (κ2) is 4.59. The van der Waals surface area contributed by atoms with Crippen LogP contribution in [0.3, 0.4) is 0 Å². The van der Waals surface area contributed by atoms with Crippen LogP contribution in [-0.4, -0.2) is 22.3 Å². The van der Waals surface area contributed by atoms with Crippen LogP contribution in [0.2, 0.25) is 0 Å². The van der Waals surface area contributed by atoms with Crippen LogP contribution in [0, 0.1) is 13.7 Å². The Hall–Kier alpha value is -1.18. The number of benzene rings is 1. The Morgan fingerprint density at radius 1 is 1.53 bits per heavy atom. The van der Waals surface area contributed by atoms with Gasteiger partial charge in [-0.25, -0.2) is 0 Å². The number of hydrogen-bond donors (Lipinski definition) is 0.